The van der Waals surface area contributed by atoms with Crippen LogP contribution in [0.1, 0.15) is 35.3 Å². The van der Waals surface area contributed by atoms with Gasteiger partial charge in [-0.3, -0.25) is 0 Å². The summed E-state index contributed by atoms with van der Waals surface area (Å²) in [6, 6.07) is 5.30. The number of benzene rings is 1. The molecule has 4 heteroatoms. The lowest BCUT2D eigenvalue weighted by molar-refractivity contribution is 0.0526. The van der Waals surface area contributed by atoms with E-state index < -0.39 is 5.97 Å². The Hall–Kier alpha value is -2.02. The molecule has 17 heavy (non-hydrogen) atoms. The van der Waals surface area contributed by atoms with Gasteiger partial charge in [-0.05, 0) is 25.5 Å². The Balaban J connectivity index is 3.34. The monoisotopic (exact) mass is 233 g/mol. The summed E-state index contributed by atoms with van der Waals surface area (Å²) in [5.74, 6) is 0.151. The van der Waals surface area contributed by atoms with Gasteiger partial charge in [0.15, 0.2) is 0 Å². The minimum atomic E-state index is -0.471. The largest absolute Gasteiger partial charge is 0.496 e. The zero-order chi connectivity index (χ0) is 12.8. The molecule has 0 N–H and O–H groups in total. The SMILES string of the molecule is CCOC(=O)c1ccc(OC)c(CC)c1C#N. The second kappa shape index (κ2) is 5.90. The molecule has 0 fully saturated rings. The molecule has 1 rings (SSSR count). The summed E-state index contributed by atoms with van der Waals surface area (Å²) in [7, 11) is 1.54. The van der Waals surface area contributed by atoms with Crippen molar-refractivity contribution in [1.82, 2.24) is 0 Å². The first-order chi connectivity index (χ1) is 8.19. The molecule has 4 nitrogen and oxygen atoms in total. The number of carbonyl (C=O) groups excluding carboxylic acids is 1. The van der Waals surface area contributed by atoms with Crippen molar-refractivity contribution < 1.29 is 14.3 Å². The van der Waals surface area contributed by atoms with E-state index in [1.807, 2.05) is 13.0 Å². The second-order valence-electron chi connectivity index (χ2n) is 3.35. The van der Waals surface area contributed by atoms with Crippen molar-refractivity contribution in [3.63, 3.8) is 0 Å². The molecule has 0 saturated heterocycles. The maximum atomic E-state index is 11.7. The lowest BCUT2D eigenvalue weighted by Crippen LogP contribution is -2.09. The van der Waals surface area contributed by atoms with Gasteiger partial charge in [0.25, 0.3) is 0 Å². The molecule has 0 unspecified atom stereocenters. The zero-order valence-electron chi connectivity index (χ0n) is 10.2. The fourth-order valence-corrected chi connectivity index (χ4v) is 1.68. The molecule has 0 amide bonds. The van der Waals surface area contributed by atoms with Crippen LogP contribution in [-0.4, -0.2) is 19.7 Å². The van der Waals surface area contributed by atoms with Crippen molar-refractivity contribution >= 4 is 5.97 Å². The normalized spacial score (nSPS) is 9.53. The van der Waals surface area contributed by atoms with Crippen LogP contribution in [0.3, 0.4) is 0 Å². The maximum absolute atomic E-state index is 11.7. The van der Waals surface area contributed by atoms with Gasteiger partial charge in [-0.25, -0.2) is 4.79 Å². The first kappa shape index (κ1) is 13.0. The van der Waals surface area contributed by atoms with Gasteiger partial charge in [-0.2, -0.15) is 5.26 Å². The zero-order valence-corrected chi connectivity index (χ0v) is 10.2. The van der Waals surface area contributed by atoms with Gasteiger partial charge in [0.05, 0.1) is 24.8 Å². The van der Waals surface area contributed by atoms with E-state index in [4.69, 9.17) is 14.7 Å². The highest BCUT2D eigenvalue weighted by atomic mass is 16.5. The van der Waals surface area contributed by atoms with Gasteiger partial charge >= 0.3 is 5.97 Å². The summed E-state index contributed by atoms with van der Waals surface area (Å²) in [6.45, 7) is 3.93. The molecule has 0 spiro atoms. The predicted octanol–water partition coefficient (Wildman–Crippen LogP) is 2.31. The highest BCUT2D eigenvalue weighted by Gasteiger charge is 2.18. The van der Waals surface area contributed by atoms with E-state index in [0.29, 0.717) is 23.3 Å². The van der Waals surface area contributed by atoms with Gasteiger partial charge in [-0.15, -0.1) is 0 Å². The van der Waals surface area contributed by atoms with Crippen molar-refractivity contribution in [1.29, 1.82) is 5.26 Å². The van der Waals surface area contributed by atoms with E-state index in [-0.39, 0.29) is 6.61 Å². The molecule has 0 aliphatic carbocycles. The van der Waals surface area contributed by atoms with E-state index in [0.717, 1.165) is 5.56 Å². The fraction of sp³-hybridized carbons (Fsp3) is 0.385. The van der Waals surface area contributed by atoms with Crippen LogP contribution in [0.15, 0.2) is 12.1 Å². The molecule has 1 aromatic carbocycles. The first-order valence-electron chi connectivity index (χ1n) is 5.46. The third kappa shape index (κ3) is 2.56. The van der Waals surface area contributed by atoms with Gasteiger partial charge in [0.1, 0.15) is 11.8 Å². The van der Waals surface area contributed by atoms with Crippen LogP contribution in [0.2, 0.25) is 0 Å². The standard InChI is InChI=1S/C13H15NO3/c1-4-9-11(8-14)10(13(15)17-5-2)6-7-12(9)16-3/h6-7H,4-5H2,1-3H3. The van der Waals surface area contributed by atoms with Gasteiger partial charge < -0.3 is 9.47 Å². The van der Waals surface area contributed by atoms with Gasteiger partial charge in [-0.1, -0.05) is 6.92 Å². The summed E-state index contributed by atoms with van der Waals surface area (Å²) >= 11 is 0. The smallest absolute Gasteiger partial charge is 0.339 e. The number of nitriles is 1. The average molecular weight is 233 g/mol. The molecule has 0 radical (unpaired) electrons. The van der Waals surface area contributed by atoms with Crippen LogP contribution in [-0.2, 0) is 11.2 Å². The third-order valence-corrected chi connectivity index (χ3v) is 2.45. The van der Waals surface area contributed by atoms with Crippen molar-refractivity contribution in [2.75, 3.05) is 13.7 Å². The summed E-state index contributed by atoms with van der Waals surface area (Å²) in [4.78, 5) is 11.7. The molecule has 0 aliphatic heterocycles. The van der Waals surface area contributed by atoms with E-state index >= 15 is 0 Å². The highest BCUT2D eigenvalue weighted by Crippen LogP contribution is 2.26. The summed E-state index contributed by atoms with van der Waals surface area (Å²) in [5, 5.41) is 9.15. The Kier molecular flexibility index (Phi) is 4.53. The Morgan fingerprint density at radius 1 is 1.41 bits per heavy atom. The van der Waals surface area contributed by atoms with Crippen LogP contribution >= 0.6 is 0 Å². The molecule has 0 atom stereocenters. The number of esters is 1. The maximum Gasteiger partial charge on any atom is 0.339 e. The molecule has 0 heterocycles. The van der Waals surface area contributed by atoms with Crippen molar-refractivity contribution in [2.45, 2.75) is 20.3 Å². The van der Waals surface area contributed by atoms with Crippen molar-refractivity contribution in [3.05, 3.63) is 28.8 Å². The number of methoxy groups -OCH3 is 1. The minimum absolute atomic E-state index is 0.289. The quantitative estimate of drug-likeness (QED) is 0.749. The van der Waals surface area contributed by atoms with E-state index in [1.165, 1.54) is 0 Å². The van der Waals surface area contributed by atoms with Crippen LogP contribution < -0.4 is 4.74 Å². The second-order valence-corrected chi connectivity index (χ2v) is 3.35. The Morgan fingerprint density at radius 3 is 2.59 bits per heavy atom. The summed E-state index contributed by atoms with van der Waals surface area (Å²) < 4.78 is 10.1. The molecule has 0 aromatic heterocycles. The highest BCUT2D eigenvalue weighted by molar-refractivity contribution is 5.93. The average Bonchev–Trinajstić information content (AvgIpc) is 2.36. The number of carbonyl (C=O) groups is 1. The minimum Gasteiger partial charge on any atom is -0.496 e. The lowest BCUT2D eigenvalue weighted by atomic mass is 9.99. The molecule has 0 aliphatic rings. The van der Waals surface area contributed by atoms with E-state index in [2.05, 4.69) is 0 Å². The summed E-state index contributed by atoms with van der Waals surface area (Å²) in [6.07, 6.45) is 0.624. The topological polar surface area (TPSA) is 59.3 Å². The Bertz CT molecular complexity index is 460. The number of hydrogen-bond acceptors (Lipinski definition) is 4. The molecule has 90 valence electrons. The third-order valence-electron chi connectivity index (χ3n) is 2.45. The van der Waals surface area contributed by atoms with Crippen molar-refractivity contribution in [2.24, 2.45) is 0 Å². The lowest BCUT2D eigenvalue weighted by Gasteiger charge is -2.11. The van der Waals surface area contributed by atoms with Crippen LogP contribution in [0, 0.1) is 11.3 Å². The molecular weight excluding hydrogens is 218 g/mol. The van der Waals surface area contributed by atoms with Gasteiger partial charge in [0, 0.05) is 5.56 Å². The number of nitrogens with zero attached hydrogens (tertiary/aromatic N) is 1. The molecule has 0 saturated carbocycles. The fourth-order valence-electron chi connectivity index (χ4n) is 1.68. The number of hydrogen-bond donors (Lipinski definition) is 0. The van der Waals surface area contributed by atoms with Crippen molar-refractivity contribution in [3.8, 4) is 11.8 Å². The Labute approximate surface area is 101 Å². The van der Waals surface area contributed by atoms with Gasteiger partial charge in [0.2, 0.25) is 0 Å². The van der Waals surface area contributed by atoms with Crippen LogP contribution in [0.4, 0.5) is 0 Å². The molecule has 1 aromatic rings. The first-order valence-corrected chi connectivity index (χ1v) is 5.46. The van der Waals surface area contributed by atoms with E-state index in [9.17, 15) is 4.79 Å². The molecular formula is C13H15NO3. The Morgan fingerprint density at radius 2 is 2.12 bits per heavy atom. The van der Waals surface area contributed by atoms with Crippen LogP contribution in [0.25, 0.3) is 0 Å². The summed E-state index contributed by atoms with van der Waals surface area (Å²) in [5.41, 5.74) is 1.37. The molecule has 0 bridgehead atoms. The van der Waals surface area contributed by atoms with E-state index in [1.54, 1.807) is 26.2 Å². The predicted molar refractivity (Wildman–Crippen MR) is 63.0 cm³/mol. The number of ether oxygens (including phenoxy) is 2. The number of rotatable bonds is 4. The van der Waals surface area contributed by atoms with Crippen LogP contribution in [0.5, 0.6) is 5.75 Å².